The summed E-state index contributed by atoms with van der Waals surface area (Å²) >= 11 is 5.30. The summed E-state index contributed by atoms with van der Waals surface area (Å²) in [5.41, 5.74) is 5.22. The summed E-state index contributed by atoms with van der Waals surface area (Å²) in [4.78, 5) is 3.33. The molecule has 8 heteroatoms. The summed E-state index contributed by atoms with van der Waals surface area (Å²) in [7, 11) is 0. The predicted molar refractivity (Wildman–Crippen MR) is 48.6 cm³/mol. The summed E-state index contributed by atoms with van der Waals surface area (Å²) < 4.78 is 52.9. The molecule has 90 valence electrons. The van der Waals surface area contributed by atoms with E-state index in [2.05, 4.69) is 9.72 Å². The smallest absolute Gasteiger partial charge is 0.422 e. The maximum Gasteiger partial charge on any atom is 0.422 e. The van der Waals surface area contributed by atoms with Gasteiger partial charge in [-0.25, -0.2) is 4.39 Å². The molecule has 1 aromatic heterocycles. The van der Waals surface area contributed by atoms with Gasteiger partial charge < -0.3 is 10.5 Å². The molecule has 0 bridgehead atoms. The van der Waals surface area contributed by atoms with E-state index in [1.54, 1.807) is 0 Å². The Balaban J connectivity index is 2.90. The topological polar surface area (TPSA) is 48.1 Å². The van der Waals surface area contributed by atoms with Gasteiger partial charge in [-0.15, -0.1) is 0 Å². The second-order valence-corrected chi connectivity index (χ2v) is 3.19. The van der Waals surface area contributed by atoms with E-state index in [4.69, 9.17) is 17.3 Å². The van der Waals surface area contributed by atoms with Crippen molar-refractivity contribution < 1.29 is 22.3 Å². The predicted octanol–water partition coefficient (Wildman–Crippen LogP) is 2.27. The van der Waals surface area contributed by atoms with Crippen LogP contribution in [-0.2, 0) is 6.54 Å². The molecule has 0 unspecified atom stereocenters. The summed E-state index contributed by atoms with van der Waals surface area (Å²) in [6, 6.07) is 0.890. The van der Waals surface area contributed by atoms with E-state index in [1.165, 1.54) is 0 Å². The fourth-order valence-electron chi connectivity index (χ4n) is 0.910. The zero-order valence-electron chi connectivity index (χ0n) is 7.81. The molecule has 0 saturated heterocycles. The van der Waals surface area contributed by atoms with Crippen LogP contribution in [0.25, 0.3) is 0 Å². The van der Waals surface area contributed by atoms with E-state index in [0.29, 0.717) is 0 Å². The van der Waals surface area contributed by atoms with Gasteiger partial charge >= 0.3 is 6.18 Å². The number of hydrogen-bond acceptors (Lipinski definition) is 3. The molecule has 1 aromatic rings. The first-order valence-electron chi connectivity index (χ1n) is 4.08. The maximum absolute atomic E-state index is 12.9. The summed E-state index contributed by atoms with van der Waals surface area (Å²) in [6.45, 7) is -1.73. The lowest BCUT2D eigenvalue weighted by atomic mass is 10.2. The number of aromatic nitrogens is 1. The lowest BCUT2D eigenvalue weighted by Gasteiger charge is -2.11. The Kier molecular flexibility index (Phi) is 3.93. The molecule has 2 N–H and O–H groups in total. The number of alkyl halides is 3. The number of pyridine rings is 1. The van der Waals surface area contributed by atoms with Crippen molar-refractivity contribution in [1.29, 1.82) is 0 Å². The molecule has 0 saturated carbocycles. The van der Waals surface area contributed by atoms with Crippen LogP contribution in [-0.4, -0.2) is 17.8 Å². The average Bonchev–Trinajstić information content (AvgIpc) is 2.18. The van der Waals surface area contributed by atoms with Gasteiger partial charge in [-0.1, -0.05) is 11.6 Å². The van der Waals surface area contributed by atoms with Gasteiger partial charge in [-0.05, 0) is 6.07 Å². The van der Waals surface area contributed by atoms with Crippen molar-refractivity contribution in [2.24, 2.45) is 5.73 Å². The Morgan fingerprint density at radius 3 is 2.56 bits per heavy atom. The van der Waals surface area contributed by atoms with Crippen LogP contribution in [0, 0.1) is 5.82 Å². The molecule has 0 aliphatic rings. The Morgan fingerprint density at radius 1 is 1.44 bits per heavy atom. The second-order valence-electron chi connectivity index (χ2n) is 2.83. The highest BCUT2D eigenvalue weighted by Gasteiger charge is 2.29. The second kappa shape index (κ2) is 4.84. The summed E-state index contributed by atoms with van der Waals surface area (Å²) in [6.07, 6.45) is -4.51. The molecule has 3 nitrogen and oxygen atoms in total. The molecule has 1 rings (SSSR count). The highest BCUT2D eigenvalue weighted by Crippen LogP contribution is 2.24. The summed E-state index contributed by atoms with van der Waals surface area (Å²) in [5, 5.41) is -0.561. The standard InChI is InChI=1S/C8H7ClF4N2O/c9-6-5(10)1-4(2-14)7(15-6)16-3-8(11,12)13/h1H,2-3,14H2. The lowest BCUT2D eigenvalue weighted by Crippen LogP contribution is -2.20. The van der Waals surface area contributed by atoms with E-state index in [-0.39, 0.29) is 12.1 Å². The number of hydrogen-bond donors (Lipinski definition) is 1. The van der Waals surface area contributed by atoms with Crippen molar-refractivity contribution >= 4 is 11.6 Å². The van der Waals surface area contributed by atoms with Crippen molar-refractivity contribution in [1.82, 2.24) is 4.98 Å². The average molecular weight is 259 g/mol. The molecule has 16 heavy (non-hydrogen) atoms. The molecule has 0 radical (unpaired) electrons. The third-order valence-electron chi connectivity index (χ3n) is 1.56. The van der Waals surface area contributed by atoms with Crippen molar-refractivity contribution in [3.8, 4) is 5.88 Å². The van der Waals surface area contributed by atoms with E-state index < -0.39 is 29.6 Å². The number of ether oxygens (including phenoxy) is 1. The van der Waals surface area contributed by atoms with Gasteiger partial charge in [-0.2, -0.15) is 18.2 Å². The van der Waals surface area contributed by atoms with Crippen LogP contribution in [0.15, 0.2) is 6.07 Å². The molecule has 0 aromatic carbocycles. The van der Waals surface area contributed by atoms with E-state index in [0.717, 1.165) is 6.07 Å². The fraction of sp³-hybridized carbons (Fsp3) is 0.375. The molecule has 0 aliphatic heterocycles. The monoisotopic (exact) mass is 258 g/mol. The Bertz CT molecular complexity index is 383. The van der Waals surface area contributed by atoms with Gasteiger partial charge in [0.25, 0.3) is 0 Å². The van der Waals surface area contributed by atoms with Gasteiger partial charge in [-0.3, -0.25) is 0 Å². The third-order valence-corrected chi connectivity index (χ3v) is 1.83. The van der Waals surface area contributed by atoms with Gasteiger partial charge in [0.2, 0.25) is 5.88 Å². The van der Waals surface area contributed by atoms with Crippen molar-refractivity contribution in [3.05, 3.63) is 22.6 Å². The minimum atomic E-state index is -4.51. The van der Waals surface area contributed by atoms with Gasteiger partial charge in [0.1, 0.15) is 0 Å². The molecule has 0 spiro atoms. The third kappa shape index (κ3) is 3.49. The maximum atomic E-state index is 12.9. The fourth-order valence-corrected chi connectivity index (χ4v) is 1.04. The highest BCUT2D eigenvalue weighted by atomic mass is 35.5. The molecule has 0 atom stereocenters. The lowest BCUT2D eigenvalue weighted by molar-refractivity contribution is -0.154. The van der Waals surface area contributed by atoms with Crippen LogP contribution in [0.5, 0.6) is 5.88 Å². The Labute approximate surface area is 93.2 Å². The van der Waals surface area contributed by atoms with Crippen LogP contribution in [0.3, 0.4) is 0 Å². The molecule has 0 fully saturated rings. The number of halogens is 5. The van der Waals surface area contributed by atoms with Crippen molar-refractivity contribution in [3.63, 3.8) is 0 Å². The largest absolute Gasteiger partial charge is 0.468 e. The van der Waals surface area contributed by atoms with E-state index in [1.807, 2.05) is 0 Å². The van der Waals surface area contributed by atoms with Crippen LogP contribution >= 0.6 is 11.6 Å². The normalized spacial score (nSPS) is 11.6. The summed E-state index contributed by atoms with van der Waals surface area (Å²) in [5.74, 6) is -1.27. The van der Waals surface area contributed by atoms with Crippen LogP contribution in [0.2, 0.25) is 5.15 Å². The molecule has 0 amide bonds. The zero-order chi connectivity index (χ0) is 12.3. The number of nitrogens with zero attached hydrogens (tertiary/aromatic N) is 1. The molecular formula is C8H7ClF4N2O. The molecule has 1 heterocycles. The van der Waals surface area contributed by atoms with Gasteiger partial charge in [0.15, 0.2) is 17.6 Å². The Morgan fingerprint density at radius 2 is 2.06 bits per heavy atom. The SMILES string of the molecule is NCc1cc(F)c(Cl)nc1OCC(F)(F)F. The minimum Gasteiger partial charge on any atom is -0.468 e. The van der Waals surface area contributed by atoms with Gasteiger partial charge in [0, 0.05) is 12.1 Å². The molecular weight excluding hydrogens is 252 g/mol. The first-order chi connectivity index (χ1) is 7.33. The van der Waals surface area contributed by atoms with Crippen LogP contribution in [0.1, 0.15) is 5.56 Å². The van der Waals surface area contributed by atoms with E-state index >= 15 is 0 Å². The van der Waals surface area contributed by atoms with Crippen LogP contribution in [0.4, 0.5) is 17.6 Å². The zero-order valence-corrected chi connectivity index (χ0v) is 8.57. The van der Waals surface area contributed by atoms with Crippen molar-refractivity contribution in [2.45, 2.75) is 12.7 Å². The first kappa shape index (κ1) is 13.0. The minimum absolute atomic E-state index is 0.0196. The molecule has 0 aliphatic carbocycles. The Hall–Kier alpha value is -1.08. The van der Waals surface area contributed by atoms with Crippen molar-refractivity contribution in [2.75, 3.05) is 6.61 Å². The first-order valence-corrected chi connectivity index (χ1v) is 4.46. The number of rotatable bonds is 3. The van der Waals surface area contributed by atoms with Gasteiger partial charge in [0.05, 0.1) is 0 Å². The quantitative estimate of drug-likeness (QED) is 0.668. The van der Waals surface area contributed by atoms with E-state index in [9.17, 15) is 17.6 Å². The highest BCUT2D eigenvalue weighted by molar-refractivity contribution is 6.29. The number of nitrogens with two attached hydrogens (primary N) is 1. The van der Waals surface area contributed by atoms with Crippen LogP contribution < -0.4 is 10.5 Å².